The molecule has 7 nitrogen and oxygen atoms in total. The van der Waals surface area contributed by atoms with Gasteiger partial charge in [-0.05, 0) is 42.5 Å². The van der Waals surface area contributed by atoms with Crippen molar-refractivity contribution in [1.82, 2.24) is 5.32 Å². The second-order valence-corrected chi connectivity index (χ2v) is 7.04. The first-order chi connectivity index (χ1) is 15.0. The van der Waals surface area contributed by atoms with Gasteiger partial charge in [0.15, 0.2) is 16.6 Å². The number of fused-ring (bicyclic) bond motifs is 3. The third-order valence-corrected chi connectivity index (χ3v) is 4.99. The number of carbonyl (C=O) groups is 1. The van der Waals surface area contributed by atoms with Crippen molar-refractivity contribution in [2.24, 2.45) is 0 Å². The molecule has 158 valence electrons. The van der Waals surface area contributed by atoms with Gasteiger partial charge in [0, 0.05) is 28.1 Å². The Labute approximate surface area is 183 Å². The zero-order chi connectivity index (χ0) is 22.0. The van der Waals surface area contributed by atoms with E-state index >= 15 is 0 Å². The van der Waals surface area contributed by atoms with Crippen LogP contribution in [0.5, 0.6) is 17.2 Å². The highest BCUT2D eigenvalue weighted by molar-refractivity contribution is 7.80. The zero-order valence-corrected chi connectivity index (χ0v) is 18.0. The number of ether oxygens (including phenoxy) is 3. The van der Waals surface area contributed by atoms with E-state index in [-0.39, 0.29) is 5.11 Å². The van der Waals surface area contributed by atoms with E-state index in [4.69, 9.17) is 30.8 Å². The molecule has 0 unspecified atom stereocenters. The van der Waals surface area contributed by atoms with E-state index in [0.29, 0.717) is 28.5 Å². The lowest BCUT2D eigenvalue weighted by Crippen LogP contribution is -2.34. The van der Waals surface area contributed by atoms with E-state index in [0.717, 1.165) is 21.9 Å². The molecule has 0 radical (unpaired) electrons. The van der Waals surface area contributed by atoms with Crippen molar-refractivity contribution < 1.29 is 23.4 Å². The number of carbonyl (C=O) groups excluding carboxylic acids is 1. The number of thiocarbonyl (C=S) groups is 1. The molecule has 4 aromatic rings. The third kappa shape index (κ3) is 3.97. The lowest BCUT2D eigenvalue weighted by atomic mass is 10.1. The van der Waals surface area contributed by atoms with Crippen LogP contribution in [-0.2, 0) is 0 Å². The maximum absolute atomic E-state index is 12.7. The van der Waals surface area contributed by atoms with Crippen LogP contribution in [0.1, 0.15) is 10.4 Å². The standard InChI is InChI=1S/C23H20N2O5S/c1-27-19-10-13(11-20(28-2)21(19)29-3)22(26)25-23(31)24-14-8-9-16-15-6-4-5-7-17(15)30-18(16)12-14/h4-12H,1-3H3,(H2,24,25,26,31). The van der Waals surface area contributed by atoms with Crippen molar-refractivity contribution in [3.8, 4) is 17.2 Å². The molecule has 4 rings (SSSR count). The van der Waals surface area contributed by atoms with Crippen molar-refractivity contribution >= 4 is 50.9 Å². The molecule has 0 aliphatic rings. The van der Waals surface area contributed by atoms with Crippen LogP contribution in [0.3, 0.4) is 0 Å². The Kier molecular flexibility index (Phi) is 5.64. The number of rotatable bonds is 5. The lowest BCUT2D eigenvalue weighted by Gasteiger charge is -2.14. The van der Waals surface area contributed by atoms with E-state index in [1.807, 2.05) is 42.5 Å². The normalized spacial score (nSPS) is 10.7. The number of benzene rings is 3. The number of para-hydroxylation sites is 1. The molecule has 0 saturated carbocycles. The van der Waals surface area contributed by atoms with Crippen LogP contribution in [0.15, 0.2) is 59.0 Å². The van der Waals surface area contributed by atoms with Gasteiger partial charge in [-0.25, -0.2) is 0 Å². The summed E-state index contributed by atoms with van der Waals surface area (Å²) in [5, 5.41) is 7.87. The molecular formula is C23H20N2O5S. The molecule has 1 amide bonds. The fraction of sp³-hybridized carbons (Fsp3) is 0.130. The molecule has 3 aromatic carbocycles. The summed E-state index contributed by atoms with van der Waals surface area (Å²) in [7, 11) is 4.47. The molecule has 0 bridgehead atoms. The Hall–Kier alpha value is -3.78. The summed E-state index contributed by atoms with van der Waals surface area (Å²) in [6.45, 7) is 0. The van der Waals surface area contributed by atoms with Crippen LogP contribution < -0.4 is 24.8 Å². The number of hydrogen-bond acceptors (Lipinski definition) is 6. The summed E-state index contributed by atoms with van der Waals surface area (Å²) < 4.78 is 21.8. The second kappa shape index (κ2) is 8.53. The molecule has 0 fully saturated rings. The Morgan fingerprint density at radius 1 is 0.871 bits per heavy atom. The van der Waals surface area contributed by atoms with Crippen molar-refractivity contribution in [1.29, 1.82) is 0 Å². The van der Waals surface area contributed by atoms with Crippen LogP contribution in [0.2, 0.25) is 0 Å². The molecule has 0 atom stereocenters. The maximum Gasteiger partial charge on any atom is 0.257 e. The molecule has 8 heteroatoms. The predicted molar refractivity (Wildman–Crippen MR) is 124 cm³/mol. The van der Waals surface area contributed by atoms with E-state index in [2.05, 4.69) is 10.6 Å². The van der Waals surface area contributed by atoms with Crippen LogP contribution >= 0.6 is 12.2 Å². The molecule has 1 aromatic heterocycles. The summed E-state index contributed by atoms with van der Waals surface area (Å²) in [5.74, 6) is 0.741. The molecule has 0 spiro atoms. The fourth-order valence-electron chi connectivity index (χ4n) is 3.35. The minimum Gasteiger partial charge on any atom is -0.493 e. The number of hydrogen-bond donors (Lipinski definition) is 2. The van der Waals surface area contributed by atoms with Gasteiger partial charge in [0.05, 0.1) is 21.3 Å². The first-order valence-electron chi connectivity index (χ1n) is 9.37. The van der Waals surface area contributed by atoms with E-state index in [1.54, 1.807) is 12.1 Å². The molecule has 0 aliphatic carbocycles. The summed E-state index contributed by atoms with van der Waals surface area (Å²) >= 11 is 5.31. The first-order valence-corrected chi connectivity index (χ1v) is 9.78. The van der Waals surface area contributed by atoms with Gasteiger partial charge in [-0.1, -0.05) is 18.2 Å². The van der Waals surface area contributed by atoms with Crippen LogP contribution in [0, 0.1) is 0 Å². The number of nitrogens with one attached hydrogen (secondary N) is 2. The molecule has 31 heavy (non-hydrogen) atoms. The topological polar surface area (TPSA) is 82.0 Å². The number of anilines is 1. The molecule has 0 aliphatic heterocycles. The molecule has 2 N–H and O–H groups in total. The van der Waals surface area contributed by atoms with Gasteiger partial charge < -0.3 is 23.9 Å². The van der Waals surface area contributed by atoms with E-state index < -0.39 is 5.91 Å². The fourth-order valence-corrected chi connectivity index (χ4v) is 3.56. The molecule has 1 heterocycles. The predicted octanol–water partition coefficient (Wildman–Crippen LogP) is 4.74. The van der Waals surface area contributed by atoms with Gasteiger partial charge in [-0.3, -0.25) is 10.1 Å². The Morgan fingerprint density at radius 3 is 2.23 bits per heavy atom. The van der Waals surface area contributed by atoms with Crippen molar-refractivity contribution in [3.05, 3.63) is 60.2 Å². The average Bonchev–Trinajstić information content (AvgIpc) is 3.15. The molecular weight excluding hydrogens is 416 g/mol. The highest BCUT2D eigenvalue weighted by atomic mass is 32.1. The number of amides is 1. The summed E-state index contributed by atoms with van der Waals surface area (Å²) in [6, 6.07) is 16.6. The SMILES string of the molecule is COc1cc(C(=O)NC(=S)Nc2ccc3c(c2)oc2ccccc23)cc(OC)c1OC. The quantitative estimate of drug-likeness (QED) is 0.437. The largest absolute Gasteiger partial charge is 0.493 e. The third-order valence-electron chi connectivity index (χ3n) is 4.79. The van der Waals surface area contributed by atoms with E-state index in [1.165, 1.54) is 21.3 Å². The zero-order valence-electron chi connectivity index (χ0n) is 17.1. The lowest BCUT2D eigenvalue weighted by molar-refractivity contribution is 0.0977. The Bertz CT molecular complexity index is 1270. The Balaban J connectivity index is 1.52. The van der Waals surface area contributed by atoms with Crippen LogP contribution in [0.4, 0.5) is 5.69 Å². The van der Waals surface area contributed by atoms with Crippen molar-refractivity contribution in [2.45, 2.75) is 0 Å². The van der Waals surface area contributed by atoms with Crippen LogP contribution in [0.25, 0.3) is 21.9 Å². The minimum atomic E-state index is -0.415. The van der Waals surface area contributed by atoms with E-state index in [9.17, 15) is 4.79 Å². The summed E-state index contributed by atoms with van der Waals surface area (Å²) in [4.78, 5) is 12.7. The molecule has 0 saturated heterocycles. The summed E-state index contributed by atoms with van der Waals surface area (Å²) in [5.41, 5.74) is 2.55. The van der Waals surface area contributed by atoms with Gasteiger partial charge in [0.2, 0.25) is 5.75 Å². The van der Waals surface area contributed by atoms with Crippen molar-refractivity contribution in [3.63, 3.8) is 0 Å². The Morgan fingerprint density at radius 2 is 1.55 bits per heavy atom. The summed E-state index contributed by atoms with van der Waals surface area (Å²) in [6.07, 6.45) is 0. The monoisotopic (exact) mass is 436 g/mol. The minimum absolute atomic E-state index is 0.147. The first kappa shape index (κ1) is 20.5. The highest BCUT2D eigenvalue weighted by Gasteiger charge is 2.18. The van der Waals surface area contributed by atoms with Gasteiger partial charge >= 0.3 is 0 Å². The smallest absolute Gasteiger partial charge is 0.257 e. The van der Waals surface area contributed by atoms with Gasteiger partial charge in [-0.15, -0.1) is 0 Å². The highest BCUT2D eigenvalue weighted by Crippen LogP contribution is 2.38. The van der Waals surface area contributed by atoms with Gasteiger partial charge in [-0.2, -0.15) is 0 Å². The second-order valence-electron chi connectivity index (χ2n) is 6.63. The number of methoxy groups -OCH3 is 3. The van der Waals surface area contributed by atoms with Crippen LogP contribution in [-0.4, -0.2) is 32.3 Å². The number of furan rings is 1. The average molecular weight is 436 g/mol. The van der Waals surface area contributed by atoms with Crippen molar-refractivity contribution in [2.75, 3.05) is 26.6 Å². The van der Waals surface area contributed by atoms with Gasteiger partial charge in [0.25, 0.3) is 5.91 Å². The maximum atomic E-state index is 12.7. The van der Waals surface area contributed by atoms with Gasteiger partial charge in [0.1, 0.15) is 11.2 Å².